The maximum atomic E-state index is 12.9. The summed E-state index contributed by atoms with van der Waals surface area (Å²) in [6, 6.07) is -3.89. The van der Waals surface area contributed by atoms with Crippen LogP contribution in [0.15, 0.2) is 0 Å². The Morgan fingerprint density at radius 1 is 0.625 bits per heavy atom. The van der Waals surface area contributed by atoms with E-state index in [0.717, 1.165) is 4.31 Å². The van der Waals surface area contributed by atoms with E-state index in [1.807, 2.05) is 0 Å². The predicted molar refractivity (Wildman–Crippen MR) is 139 cm³/mol. The molecule has 0 aliphatic heterocycles. The van der Waals surface area contributed by atoms with Gasteiger partial charge >= 0.3 is 23.9 Å². The van der Waals surface area contributed by atoms with Gasteiger partial charge in [-0.15, -0.1) is 0 Å². The number of carboxylic acids is 4. The lowest BCUT2D eigenvalue weighted by Crippen LogP contribution is -2.44. The fraction of sp³-hybridized carbons (Fsp3) is 0.789. The third-order valence-corrected chi connectivity index (χ3v) is 9.94. The van der Waals surface area contributed by atoms with Crippen molar-refractivity contribution in [3.05, 3.63) is 0 Å². The highest BCUT2D eigenvalue weighted by atomic mass is 32.2. The first-order valence-electron chi connectivity index (χ1n) is 11.7. The molecule has 0 bridgehead atoms. The average molecular weight is 641 g/mol. The Kier molecular flexibility index (Phi) is 15.7. The number of nitrogens with one attached hydrogen (secondary N) is 2. The molecule has 0 aromatic rings. The van der Waals surface area contributed by atoms with Crippen molar-refractivity contribution in [2.75, 3.05) is 51.0 Å². The first-order chi connectivity index (χ1) is 18.2. The molecule has 6 N–H and O–H groups in total. The van der Waals surface area contributed by atoms with Gasteiger partial charge in [0.1, 0.15) is 12.1 Å². The first kappa shape index (κ1) is 37.6. The van der Waals surface area contributed by atoms with Gasteiger partial charge in [0.05, 0.1) is 30.1 Å². The third-order valence-electron chi connectivity index (χ3n) is 5.04. The molecule has 21 heteroatoms. The van der Waals surface area contributed by atoms with Crippen molar-refractivity contribution in [1.29, 1.82) is 0 Å². The number of carboxylic acid groups (broad SMARTS) is 4. The second-order valence-corrected chi connectivity index (χ2v) is 14.8. The number of aliphatic carboxylic acids is 4. The highest BCUT2D eigenvalue weighted by Gasteiger charge is 2.29. The summed E-state index contributed by atoms with van der Waals surface area (Å²) >= 11 is 0. The van der Waals surface area contributed by atoms with Crippen LogP contribution in [0.3, 0.4) is 0 Å². The molecular formula is C19H36N4O14S3. The Labute approximate surface area is 232 Å². The van der Waals surface area contributed by atoms with Crippen LogP contribution in [0.5, 0.6) is 0 Å². The van der Waals surface area contributed by atoms with Gasteiger partial charge in [-0.1, -0.05) is 0 Å². The molecule has 0 amide bonds. The highest BCUT2D eigenvalue weighted by Crippen LogP contribution is 2.09. The molecule has 0 spiro atoms. The van der Waals surface area contributed by atoms with E-state index in [0.29, 0.717) is 6.54 Å². The molecule has 234 valence electrons. The summed E-state index contributed by atoms with van der Waals surface area (Å²) in [5.41, 5.74) is 0. The molecule has 0 saturated carbocycles. The molecule has 0 rings (SSSR count). The van der Waals surface area contributed by atoms with Crippen LogP contribution in [0.25, 0.3) is 0 Å². The molecule has 0 fully saturated rings. The Bertz CT molecular complexity index is 1130. The number of hydrogen-bond donors (Lipinski definition) is 6. The summed E-state index contributed by atoms with van der Waals surface area (Å²) in [6.45, 7) is -0.428. The minimum atomic E-state index is -4.35. The van der Waals surface area contributed by atoms with E-state index in [2.05, 4.69) is 0 Å². The number of hydrogen-bond acceptors (Lipinski definition) is 11. The smallest absolute Gasteiger partial charge is 0.322 e. The molecule has 0 heterocycles. The van der Waals surface area contributed by atoms with Crippen molar-refractivity contribution < 1.29 is 64.9 Å². The molecule has 0 saturated heterocycles. The molecule has 18 nitrogen and oxygen atoms in total. The van der Waals surface area contributed by atoms with Crippen molar-refractivity contribution in [2.45, 2.75) is 44.2 Å². The lowest BCUT2D eigenvalue weighted by atomic mass is 10.2. The standard InChI is InChI=1S/C19H36N4O14S3/c1-22(2)6-3-11-40(36,37)23(7-4-9-38(32,33)20-14(18(28)29)12-16(24)25)8-5-10-39(34,35)21-15(19(30)31)13-17(26)27/h14-15,20-21H,3-13H2,1-2H3,(H,24,25)(H,26,27)(H,28,29)(H,30,31). The maximum absolute atomic E-state index is 12.9. The largest absolute Gasteiger partial charge is 0.481 e. The van der Waals surface area contributed by atoms with E-state index in [9.17, 15) is 44.4 Å². The second kappa shape index (κ2) is 16.7. The van der Waals surface area contributed by atoms with Crippen molar-refractivity contribution in [3.63, 3.8) is 0 Å². The number of carbonyl (C=O) groups is 4. The predicted octanol–water partition coefficient (Wildman–Crippen LogP) is -2.96. The van der Waals surface area contributed by atoms with Crippen molar-refractivity contribution >= 4 is 53.9 Å². The van der Waals surface area contributed by atoms with Gasteiger partial charge in [-0.2, -0.15) is 0 Å². The lowest BCUT2D eigenvalue weighted by Gasteiger charge is -2.23. The topological polar surface area (TPSA) is 282 Å². The SMILES string of the molecule is CN(C)CCCS(=O)(=O)N(CCCS(=O)(=O)NC(CC(=O)O)C(=O)O)CCCS(=O)(=O)NC(CC(=O)O)C(=O)O. The van der Waals surface area contributed by atoms with E-state index in [1.54, 1.807) is 28.4 Å². The van der Waals surface area contributed by atoms with E-state index >= 15 is 0 Å². The Balaban J connectivity index is 5.45. The highest BCUT2D eigenvalue weighted by molar-refractivity contribution is 7.90. The van der Waals surface area contributed by atoms with Crippen LogP contribution < -0.4 is 9.44 Å². The van der Waals surface area contributed by atoms with Gasteiger partial charge in [-0.05, 0) is 39.9 Å². The normalized spacial score (nSPS) is 14.2. The summed E-state index contributed by atoms with van der Waals surface area (Å²) in [6.07, 6.45) is -2.58. The van der Waals surface area contributed by atoms with E-state index in [1.165, 1.54) is 0 Å². The molecular weight excluding hydrogens is 604 g/mol. The molecule has 0 aromatic heterocycles. The molecule has 0 aliphatic rings. The van der Waals surface area contributed by atoms with Gasteiger partial charge in [0, 0.05) is 13.1 Å². The zero-order valence-electron chi connectivity index (χ0n) is 21.9. The molecule has 0 aromatic carbocycles. The van der Waals surface area contributed by atoms with Crippen LogP contribution in [-0.4, -0.2) is 142 Å². The van der Waals surface area contributed by atoms with Gasteiger partial charge in [0.2, 0.25) is 30.1 Å². The first-order valence-corrected chi connectivity index (χ1v) is 16.6. The third kappa shape index (κ3) is 16.6. The minimum absolute atomic E-state index is 0.191. The molecule has 40 heavy (non-hydrogen) atoms. The van der Waals surface area contributed by atoms with E-state index in [-0.39, 0.29) is 25.0 Å². The zero-order valence-corrected chi connectivity index (χ0v) is 24.4. The van der Waals surface area contributed by atoms with Gasteiger partial charge < -0.3 is 25.3 Å². The maximum Gasteiger partial charge on any atom is 0.322 e. The number of nitrogens with zero attached hydrogens (tertiary/aromatic N) is 2. The fourth-order valence-electron chi connectivity index (χ4n) is 3.20. The van der Waals surface area contributed by atoms with Crippen LogP contribution in [0, 0.1) is 0 Å². The van der Waals surface area contributed by atoms with Crippen molar-refractivity contribution in [1.82, 2.24) is 18.6 Å². The quantitative estimate of drug-likeness (QED) is 0.0651. The minimum Gasteiger partial charge on any atom is -0.481 e. The van der Waals surface area contributed by atoms with Crippen LogP contribution in [0.1, 0.15) is 32.1 Å². The summed E-state index contributed by atoms with van der Waals surface area (Å²) in [5.74, 6) is -8.47. The zero-order chi connectivity index (χ0) is 31.3. The molecule has 2 atom stereocenters. The van der Waals surface area contributed by atoms with Gasteiger partial charge in [-0.25, -0.2) is 39.0 Å². The van der Waals surface area contributed by atoms with Gasteiger partial charge in [-0.3, -0.25) is 19.2 Å². The van der Waals surface area contributed by atoms with Crippen LogP contribution in [0.2, 0.25) is 0 Å². The Morgan fingerprint density at radius 3 is 1.27 bits per heavy atom. The van der Waals surface area contributed by atoms with Crippen molar-refractivity contribution in [2.24, 2.45) is 0 Å². The van der Waals surface area contributed by atoms with Crippen LogP contribution in [-0.2, 0) is 49.2 Å². The Morgan fingerprint density at radius 2 is 0.975 bits per heavy atom. The van der Waals surface area contributed by atoms with Crippen LogP contribution in [0.4, 0.5) is 0 Å². The molecule has 2 unspecified atom stereocenters. The van der Waals surface area contributed by atoms with Crippen LogP contribution >= 0.6 is 0 Å². The second-order valence-electron chi connectivity index (χ2n) is 8.93. The summed E-state index contributed by atoms with van der Waals surface area (Å²) in [4.78, 5) is 45.5. The summed E-state index contributed by atoms with van der Waals surface area (Å²) < 4.78 is 79.2. The molecule has 0 radical (unpaired) electrons. The summed E-state index contributed by atoms with van der Waals surface area (Å²) in [7, 11) is -9.30. The lowest BCUT2D eigenvalue weighted by molar-refractivity contribution is -0.145. The van der Waals surface area contributed by atoms with E-state index in [4.69, 9.17) is 20.4 Å². The van der Waals surface area contributed by atoms with Gasteiger partial charge in [0.25, 0.3) is 0 Å². The van der Waals surface area contributed by atoms with E-state index < -0.39 is 103 Å². The monoisotopic (exact) mass is 640 g/mol. The Hall–Kier alpha value is -2.43. The van der Waals surface area contributed by atoms with Crippen molar-refractivity contribution in [3.8, 4) is 0 Å². The summed E-state index contributed by atoms with van der Waals surface area (Å²) in [5, 5.41) is 35.5. The molecule has 0 aliphatic carbocycles. The van der Waals surface area contributed by atoms with Gasteiger partial charge in [0.15, 0.2) is 0 Å². The number of sulfonamides is 3. The number of rotatable bonds is 23. The average Bonchev–Trinajstić information content (AvgIpc) is 2.75. The fourth-order valence-corrected chi connectivity index (χ4v) is 7.26.